The molecule has 0 fully saturated rings. The molecule has 0 heterocycles. The number of aryl methyl sites for hydroxylation is 1. The van der Waals surface area contributed by atoms with Gasteiger partial charge in [0.25, 0.3) is 0 Å². The summed E-state index contributed by atoms with van der Waals surface area (Å²) in [5.74, 6) is -0.171. The number of benzene rings is 1. The van der Waals surface area contributed by atoms with Crippen LogP contribution in [-0.2, 0) is 9.53 Å². The first-order valence-corrected chi connectivity index (χ1v) is 7.17. The molecule has 0 saturated heterocycles. The van der Waals surface area contributed by atoms with Crippen LogP contribution in [0.1, 0.15) is 26.3 Å². The van der Waals surface area contributed by atoms with E-state index < -0.39 is 0 Å². The van der Waals surface area contributed by atoms with Crippen molar-refractivity contribution in [3.63, 3.8) is 0 Å². The maximum atomic E-state index is 11.8. The average Bonchev–Trinajstić information content (AvgIpc) is 2.19. The van der Waals surface area contributed by atoms with Gasteiger partial charge < -0.3 is 10.1 Å². The van der Waals surface area contributed by atoms with E-state index in [1.54, 1.807) is 0 Å². The van der Waals surface area contributed by atoms with Gasteiger partial charge in [0.1, 0.15) is 6.61 Å². The van der Waals surface area contributed by atoms with Crippen LogP contribution in [0, 0.1) is 6.92 Å². The summed E-state index contributed by atoms with van der Waals surface area (Å²) < 4.78 is 7.12. The highest BCUT2D eigenvalue weighted by atomic mass is 79.9. The van der Waals surface area contributed by atoms with E-state index in [9.17, 15) is 4.79 Å². The third-order valence-electron chi connectivity index (χ3n) is 2.09. The van der Waals surface area contributed by atoms with Gasteiger partial charge in [0.15, 0.2) is 0 Å². The van der Waals surface area contributed by atoms with Crippen LogP contribution in [0.4, 0.5) is 5.69 Å². The molecule has 1 rings (SSSR count). The molecule has 0 aliphatic carbocycles. The van der Waals surface area contributed by atoms with Gasteiger partial charge in [-0.15, -0.1) is 0 Å². The summed E-state index contributed by atoms with van der Waals surface area (Å²) in [4.78, 5) is 11.8. The number of carbonyl (C=O) groups excluding carboxylic acids is 1. The largest absolute Gasteiger partial charge is 0.366 e. The van der Waals surface area contributed by atoms with Crippen molar-refractivity contribution in [3.05, 3.63) is 26.6 Å². The fraction of sp³-hybridized carbons (Fsp3) is 0.462. The summed E-state index contributed by atoms with van der Waals surface area (Å²) in [6.07, 6.45) is 0. The SMILES string of the molecule is Cc1cc(Br)c(NC(=O)COC(C)(C)C)c(Br)c1. The summed E-state index contributed by atoms with van der Waals surface area (Å²) in [6.45, 7) is 7.77. The molecular weight excluding hydrogens is 362 g/mol. The fourth-order valence-electron chi connectivity index (χ4n) is 1.28. The Kier molecular flexibility index (Phi) is 5.37. The van der Waals surface area contributed by atoms with Crippen LogP contribution < -0.4 is 5.32 Å². The number of carbonyl (C=O) groups is 1. The monoisotopic (exact) mass is 377 g/mol. The van der Waals surface area contributed by atoms with Gasteiger partial charge in [-0.05, 0) is 77.3 Å². The van der Waals surface area contributed by atoms with E-state index in [2.05, 4.69) is 37.2 Å². The number of hydrogen-bond acceptors (Lipinski definition) is 2. The zero-order chi connectivity index (χ0) is 13.9. The third kappa shape index (κ3) is 5.08. The van der Waals surface area contributed by atoms with Gasteiger partial charge in [-0.1, -0.05) is 0 Å². The van der Waals surface area contributed by atoms with Gasteiger partial charge in [-0.3, -0.25) is 4.79 Å². The first-order valence-electron chi connectivity index (χ1n) is 5.58. The van der Waals surface area contributed by atoms with Crippen molar-refractivity contribution >= 4 is 43.5 Å². The normalized spacial score (nSPS) is 11.4. The Morgan fingerprint density at radius 2 is 1.78 bits per heavy atom. The van der Waals surface area contributed by atoms with Crippen molar-refractivity contribution in [2.45, 2.75) is 33.3 Å². The highest BCUT2D eigenvalue weighted by molar-refractivity contribution is 9.11. The Labute approximate surface area is 125 Å². The van der Waals surface area contributed by atoms with Crippen LogP contribution in [0.25, 0.3) is 0 Å². The molecule has 3 nitrogen and oxygen atoms in total. The predicted octanol–water partition coefficient (Wildman–Crippen LogP) is 4.27. The molecule has 0 unspecified atom stereocenters. The second kappa shape index (κ2) is 6.17. The first-order chi connectivity index (χ1) is 8.19. The van der Waals surface area contributed by atoms with Gasteiger partial charge in [0, 0.05) is 8.95 Å². The number of hydrogen-bond donors (Lipinski definition) is 1. The minimum Gasteiger partial charge on any atom is -0.366 e. The minimum atomic E-state index is -0.320. The Balaban J connectivity index is 2.71. The maximum Gasteiger partial charge on any atom is 0.250 e. The van der Waals surface area contributed by atoms with Crippen molar-refractivity contribution in [3.8, 4) is 0 Å². The second-order valence-electron chi connectivity index (χ2n) is 5.05. The number of halogens is 2. The molecule has 100 valence electrons. The lowest BCUT2D eigenvalue weighted by Crippen LogP contribution is -2.27. The average molecular weight is 379 g/mol. The molecule has 0 atom stereocenters. The number of amides is 1. The quantitative estimate of drug-likeness (QED) is 0.852. The Morgan fingerprint density at radius 1 is 1.28 bits per heavy atom. The smallest absolute Gasteiger partial charge is 0.250 e. The van der Waals surface area contributed by atoms with E-state index in [4.69, 9.17) is 4.74 Å². The second-order valence-corrected chi connectivity index (χ2v) is 6.76. The van der Waals surface area contributed by atoms with Gasteiger partial charge in [-0.25, -0.2) is 0 Å². The van der Waals surface area contributed by atoms with Gasteiger partial charge in [0.2, 0.25) is 5.91 Å². The van der Waals surface area contributed by atoms with Crippen LogP contribution in [-0.4, -0.2) is 18.1 Å². The molecule has 0 spiro atoms. The van der Waals surface area contributed by atoms with E-state index in [1.165, 1.54) is 0 Å². The summed E-state index contributed by atoms with van der Waals surface area (Å²) in [7, 11) is 0. The number of anilines is 1. The molecule has 0 aromatic heterocycles. The van der Waals surface area contributed by atoms with Crippen molar-refractivity contribution in [2.24, 2.45) is 0 Å². The van der Waals surface area contributed by atoms with Gasteiger partial charge in [-0.2, -0.15) is 0 Å². The van der Waals surface area contributed by atoms with Gasteiger partial charge in [0.05, 0.1) is 11.3 Å². The lowest BCUT2D eigenvalue weighted by Gasteiger charge is -2.19. The topological polar surface area (TPSA) is 38.3 Å². The van der Waals surface area contributed by atoms with Crippen molar-refractivity contribution in [1.82, 2.24) is 0 Å². The van der Waals surface area contributed by atoms with E-state index in [-0.39, 0.29) is 18.1 Å². The standard InChI is InChI=1S/C13H17Br2NO2/c1-8-5-9(14)12(10(15)6-8)16-11(17)7-18-13(2,3)4/h5-6H,7H2,1-4H3,(H,16,17). The van der Waals surface area contributed by atoms with Crippen molar-refractivity contribution in [1.29, 1.82) is 0 Å². The zero-order valence-electron chi connectivity index (χ0n) is 10.9. The van der Waals surface area contributed by atoms with Crippen LogP contribution in [0.2, 0.25) is 0 Å². The molecule has 1 aromatic rings. The van der Waals surface area contributed by atoms with E-state index in [0.29, 0.717) is 0 Å². The van der Waals surface area contributed by atoms with Crippen molar-refractivity contribution < 1.29 is 9.53 Å². The van der Waals surface area contributed by atoms with E-state index >= 15 is 0 Å². The van der Waals surface area contributed by atoms with Gasteiger partial charge >= 0.3 is 0 Å². The van der Waals surface area contributed by atoms with E-state index in [1.807, 2.05) is 39.8 Å². The Morgan fingerprint density at radius 3 is 2.22 bits per heavy atom. The lowest BCUT2D eigenvalue weighted by molar-refractivity contribution is -0.125. The maximum absolute atomic E-state index is 11.8. The van der Waals surface area contributed by atoms with E-state index in [0.717, 1.165) is 20.2 Å². The van der Waals surface area contributed by atoms with Crippen LogP contribution in [0.15, 0.2) is 21.1 Å². The first kappa shape index (κ1) is 15.7. The number of rotatable bonds is 3. The summed E-state index contributed by atoms with van der Waals surface area (Å²) in [6, 6.07) is 3.90. The summed E-state index contributed by atoms with van der Waals surface area (Å²) >= 11 is 6.86. The Hall–Kier alpha value is -0.390. The minimum absolute atomic E-state index is 0.0380. The molecule has 18 heavy (non-hydrogen) atoms. The molecule has 5 heteroatoms. The number of ether oxygens (including phenoxy) is 1. The molecule has 0 aliphatic rings. The molecule has 0 radical (unpaired) electrons. The highest BCUT2D eigenvalue weighted by Gasteiger charge is 2.15. The summed E-state index contributed by atoms with van der Waals surface area (Å²) in [5, 5.41) is 2.82. The van der Waals surface area contributed by atoms with Crippen LogP contribution >= 0.6 is 31.9 Å². The highest BCUT2D eigenvalue weighted by Crippen LogP contribution is 2.32. The predicted molar refractivity (Wildman–Crippen MR) is 80.9 cm³/mol. The number of nitrogens with one attached hydrogen (secondary N) is 1. The lowest BCUT2D eigenvalue weighted by atomic mass is 10.2. The molecule has 1 aromatic carbocycles. The third-order valence-corrected chi connectivity index (χ3v) is 3.34. The Bertz CT molecular complexity index is 430. The van der Waals surface area contributed by atoms with Crippen LogP contribution in [0.5, 0.6) is 0 Å². The molecule has 0 bridgehead atoms. The molecular formula is C13H17Br2NO2. The van der Waals surface area contributed by atoms with Crippen molar-refractivity contribution in [2.75, 3.05) is 11.9 Å². The zero-order valence-corrected chi connectivity index (χ0v) is 14.1. The molecule has 0 aliphatic heterocycles. The molecule has 1 N–H and O–H groups in total. The fourth-order valence-corrected chi connectivity index (χ4v) is 2.89. The molecule has 0 saturated carbocycles. The summed E-state index contributed by atoms with van der Waals surface area (Å²) in [5.41, 5.74) is 1.51. The van der Waals surface area contributed by atoms with Crippen LogP contribution in [0.3, 0.4) is 0 Å². The molecule has 1 amide bonds.